The third-order valence-corrected chi connectivity index (χ3v) is 11.2. The number of nitriles is 1. The van der Waals surface area contributed by atoms with Crippen molar-refractivity contribution in [1.82, 2.24) is 35.1 Å². The molecule has 3 N–H and O–H groups in total. The van der Waals surface area contributed by atoms with Crippen molar-refractivity contribution in [2.75, 3.05) is 38.5 Å². The van der Waals surface area contributed by atoms with E-state index in [1.165, 1.54) is 0 Å². The monoisotopic (exact) mass is 771 g/mol. The molecule has 8 rings (SSSR count). The molecule has 3 aromatic carbocycles. The number of pyridine rings is 1. The van der Waals surface area contributed by atoms with Gasteiger partial charge in [-0.25, -0.2) is 23.7 Å². The van der Waals surface area contributed by atoms with Crippen molar-refractivity contribution in [3.8, 4) is 28.7 Å². The summed E-state index contributed by atoms with van der Waals surface area (Å²) in [7, 11) is 1.67. The smallest absolute Gasteiger partial charge is 0.297 e. The molecule has 1 atom stereocenters. The van der Waals surface area contributed by atoms with Crippen LogP contribution in [-0.2, 0) is 17.9 Å². The molecule has 1 amide bonds. The summed E-state index contributed by atoms with van der Waals surface area (Å²) < 4.78 is 34.5. The number of nitrogens with one attached hydrogen (secondary N) is 2. The molecule has 2 saturated heterocycles. The zero-order valence-corrected chi connectivity index (χ0v) is 32.0. The van der Waals surface area contributed by atoms with Crippen LogP contribution in [0, 0.1) is 31.1 Å². The van der Waals surface area contributed by atoms with E-state index < -0.39 is 12.2 Å². The molecule has 1 unspecified atom stereocenters. The highest BCUT2D eigenvalue weighted by Gasteiger charge is 2.26. The summed E-state index contributed by atoms with van der Waals surface area (Å²) in [6.45, 7) is 8.00. The second-order valence-electron chi connectivity index (χ2n) is 15.0. The number of piperidine rings is 1. The van der Waals surface area contributed by atoms with E-state index in [4.69, 9.17) is 9.40 Å². The molecule has 2 fully saturated rings. The lowest BCUT2D eigenvalue weighted by Gasteiger charge is -2.31. The molecule has 57 heavy (non-hydrogen) atoms. The second-order valence-corrected chi connectivity index (χ2v) is 15.0. The van der Waals surface area contributed by atoms with Crippen molar-refractivity contribution in [3.05, 3.63) is 94.4 Å². The molecule has 292 valence electrons. The number of hydrogen-bond acceptors (Lipinski definition) is 11. The van der Waals surface area contributed by atoms with Gasteiger partial charge in [0.25, 0.3) is 6.43 Å². The molecule has 14 heteroatoms. The first-order valence-corrected chi connectivity index (χ1v) is 19.2. The number of oxazole rings is 1. The molecule has 6 aromatic rings. The Hall–Kier alpha value is -5.88. The number of likely N-dealkylation sites (tertiary alicyclic amines) is 2. The maximum Gasteiger partial charge on any atom is 0.297 e. The van der Waals surface area contributed by atoms with Gasteiger partial charge in [0.1, 0.15) is 17.1 Å². The molecule has 0 saturated carbocycles. The Kier molecular flexibility index (Phi) is 10.6. The van der Waals surface area contributed by atoms with Gasteiger partial charge in [0.2, 0.25) is 11.8 Å². The lowest BCUT2D eigenvalue weighted by Crippen LogP contribution is -2.39. The number of carbonyl (C=O) groups excluding carboxylic acids is 1. The number of carbonyl (C=O) groups is 1. The predicted molar refractivity (Wildman–Crippen MR) is 213 cm³/mol. The average molecular weight is 772 g/mol. The van der Waals surface area contributed by atoms with Crippen molar-refractivity contribution in [2.24, 2.45) is 5.92 Å². The molecule has 0 radical (unpaired) electrons. The Labute approximate surface area is 328 Å². The minimum Gasteiger partial charge on any atom is -0.435 e. The van der Waals surface area contributed by atoms with Crippen LogP contribution in [0.1, 0.15) is 59.3 Å². The highest BCUT2D eigenvalue weighted by Crippen LogP contribution is 2.38. The number of amides is 1. The van der Waals surface area contributed by atoms with Crippen LogP contribution in [0.15, 0.2) is 65.2 Å². The molecule has 0 spiro atoms. The number of halogens is 2. The largest absolute Gasteiger partial charge is 0.435 e. The summed E-state index contributed by atoms with van der Waals surface area (Å²) in [5.41, 5.74) is 8.93. The van der Waals surface area contributed by atoms with Gasteiger partial charge in [0, 0.05) is 56.6 Å². The standard InChI is InChI=1S/C43H43F2N9O3/c1-24-31(6-4-8-33(24)43-51-36-17-26(16-29(19-46)38(36)57-43)21-53-13-10-28(11-14-53)42(56)47-3)32-7-5-9-34(25(32)2)49-40-37-35(50-41(52-40)39(44)45)18-27(20-48-37)22-54-15-12-30(55)23-54/h4-9,16-18,20,28,30,39,55H,10-15,21-23H2,1-3H3,(H,47,56)(H,49,50,52). The number of hydrogen-bond donors (Lipinski definition) is 3. The van der Waals surface area contributed by atoms with E-state index in [9.17, 15) is 23.9 Å². The fourth-order valence-electron chi connectivity index (χ4n) is 8.11. The highest BCUT2D eigenvalue weighted by atomic mass is 19.3. The topological polar surface area (TPSA) is 156 Å². The van der Waals surface area contributed by atoms with Gasteiger partial charge in [-0.05, 0) is 110 Å². The summed E-state index contributed by atoms with van der Waals surface area (Å²) in [4.78, 5) is 34.3. The highest BCUT2D eigenvalue weighted by molar-refractivity contribution is 5.90. The number of anilines is 2. The SMILES string of the molecule is CNC(=O)C1CCN(Cc2cc(C#N)c3oc(-c4cccc(-c5cccc(Nc6nc(C(F)F)nc7cc(CN8CCC(O)C8)cnc67)c5C)c4C)nc3c2)CC1. The second kappa shape index (κ2) is 15.9. The van der Waals surface area contributed by atoms with Crippen LogP contribution in [0.3, 0.4) is 0 Å². The van der Waals surface area contributed by atoms with Crippen LogP contribution < -0.4 is 10.6 Å². The van der Waals surface area contributed by atoms with E-state index in [2.05, 4.69) is 41.5 Å². The lowest BCUT2D eigenvalue weighted by molar-refractivity contribution is -0.125. The molecule has 12 nitrogen and oxygen atoms in total. The Bertz CT molecular complexity index is 2530. The number of alkyl halides is 2. The first-order chi connectivity index (χ1) is 27.6. The van der Waals surface area contributed by atoms with Gasteiger partial charge >= 0.3 is 0 Å². The molecule has 0 aliphatic carbocycles. The lowest BCUT2D eigenvalue weighted by atomic mass is 9.93. The first-order valence-electron chi connectivity index (χ1n) is 19.2. The summed E-state index contributed by atoms with van der Waals surface area (Å²) in [6.07, 6.45) is 0.720. The van der Waals surface area contributed by atoms with Crippen molar-refractivity contribution in [2.45, 2.75) is 58.7 Å². The van der Waals surface area contributed by atoms with E-state index in [0.29, 0.717) is 65.3 Å². The average Bonchev–Trinajstić information content (AvgIpc) is 3.83. The van der Waals surface area contributed by atoms with Gasteiger partial charge in [-0.1, -0.05) is 24.3 Å². The van der Waals surface area contributed by atoms with E-state index in [1.807, 2.05) is 62.4 Å². The summed E-state index contributed by atoms with van der Waals surface area (Å²) in [5.74, 6) is 0.0928. The minimum atomic E-state index is -2.88. The van der Waals surface area contributed by atoms with Gasteiger partial charge in [-0.2, -0.15) is 5.26 Å². The summed E-state index contributed by atoms with van der Waals surface area (Å²) >= 11 is 0. The molecule has 0 bridgehead atoms. The van der Waals surface area contributed by atoms with Crippen LogP contribution in [-0.4, -0.2) is 80.1 Å². The van der Waals surface area contributed by atoms with Gasteiger partial charge in [-0.3, -0.25) is 19.6 Å². The minimum absolute atomic E-state index is 0.0247. The van der Waals surface area contributed by atoms with E-state index in [-0.39, 0.29) is 23.7 Å². The molecular weight excluding hydrogens is 729 g/mol. The molecule has 2 aliphatic heterocycles. The van der Waals surface area contributed by atoms with Gasteiger partial charge in [0.15, 0.2) is 17.2 Å². The van der Waals surface area contributed by atoms with Crippen LogP contribution in [0.25, 0.3) is 44.7 Å². The van der Waals surface area contributed by atoms with Gasteiger partial charge < -0.3 is 20.2 Å². The fraction of sp³-hybridized carbons (Fsp3) is 0.349. The van der Waals surface area contributed by atoms with E-state index in [0.717, 1.165) is 71.4 Å². The Balaban J connectivity index is 1.07. The normalized spacial score (nSPS) is 16.8. The number of nitrogens with zero attached hydrogens (tertiary/aromatic N) is 7. The summed E-state index contributed by atoms with van der Waals surface area (Å²) in [5, 5.41) is 26.1. The van der Waals surface area contributed by atoms with Gasteiger partial charge in [0.05, 0.1) is 17.2 Å². The van der Waals surface area contributed by atoms with Gasteiger partial charge in [-0.15, -0.1) is 0 Å². The van der Waals surface area contributed by atoms with Crippen molar-refractivity contribution >= 4 is 39.5 Å². The van der Waals surface area contributed by atoms with Crippen molar-refractivity contribution < 1.29 is 23.1 Å². The predicted octanol–water partition coefficient (Wildman–Crippen LogP) is 7.19. The van der Waals surface area contributed by atoms with Crippen LogP contribution >= 0.6 is 0 Å². The van der Waals surface area contributed by atoms with E-state index in [1.54, 1.807) is 19.3 Å². The van der Waals surface area contributed by atoms with Crippen LogP contribution in [0.4, 0.5) is 20.3 Å². The third-order valence-electron chi connectivity index (χ3n) is 11.2. The number of β-amino-alcohol motifs (C(OH)–C–C–N with tert-alkyl or cyclic N) is 1. The zero-order chi connectivity index (χ0) is 39.8. The number of aromatic nitrogens is 4. The molecule has 3 aromatic heterocycles. The number of aliphatic hydroxyl groups excluding tert-OH is 1. The number of benzene rings is 3. The number of fused-ring (bicyclic) bond motifs is 2. The van der Waals surface area contributed by atoms with Crippen molar-refractivity contribution in [3.63, 3.8) is 0 Å². The van der Waals surface area contributed by atoms with Crippen LogP contribution in [0.2, 0.25) is 0 Å². The first kappa shape index (κ1) is 38.0. The molecular formula is C43H43F2N9O3. The molecule has 2 aliphatic rings. The quantitative estimate of drug-likeness (QED) is 0.130. The maximum absolute atomic E-state index is 14.1. The Morgan fingerprint density at radius 2 is 1.63 bits per heavy atom. The van der Waals surface area contributed by atoms with Crippen LogP contribution in [0.5, 0.6) is 0 Å². The number of aliphatic hydroxyl groups is 1. The molecule has 5 heterocycles. The maximum atomic E-state index is 14.1. The van der Waals surface area contributed by atoms with E-state index >= 15 is 0 Å². The fourth-order valence-corrected chi connectivity index (χ4v) is 8.11. The van der Waals surface area contributed by atoms with Crippen molar-refractivity contribution in [1.29, 1.82) is 5.26 Å². The number of rotatable bonds is 10. The Morgan fingerprint density at radius 3 is 2.35 bits per heavy atom. The zero-order valence-electron chi connectivity index (χ0n) is 32.0. The third kappa shape index (κ3) is 7.78. The Morgan fingerprint density at radius 1 is 0.930 bits per heavy atom. The summed E-state index contributed by atoms with van der Waals surface area (Å²) in [6, 6.07) is 19.5.